The van der Waals surface area contributed by atoms with Crippen LogP contribution in [-0.4, -0.2) is 19.1 Å². The molecule has 0 bridgehead atoms. The molecule has 0 unspecified atom stereocenters. The van der Waals surface area contributed by atoms with Gasteiger partial charge in [-0.25, -0.2) is 9.97 Å². The monoisotopic (exact) mass is 606 g/mol. The van der Waals surface area contributed by atoms with E-state index in [0.717, 1.165) is 23.0 Å². The minimum Gasteiger partial charge on any atom is -0.301 e. The van der Waals surface area contributed by atoms with Gasteiger partial charge in [0, 0.05) is 28.6 Å². The van der Waals surface area contributed by atoms with Crippen LogP contribution in [0.15, 0.2) is 97.3 Å². The number of benzene rings is 2. The predicted octanol–water partition coefficient (Wildman–Crippen LogP) is 10.6. The van der Waals surface area contributed by atoms with Gasteiger partial charge in [-0.3, -0.25) is 0 Å². The summed E-state index contributed by atoms with van der Waals surface area (Å²) in [6.45, 7) is 9.36. The minimum absolute atomic E-state index is 0.309. The van der Waals surface area contributed by atoms with E-state index in [2.05, 4.69) is 134 Å². The summed E-state index contributed by atoms with van der Waals surface area (Å²) >= 11 is 0. The summed E-state index contributed by atoms with van der Waals surface area (Å²) in [5.74, 6) is 1.88. The third-order valence-corrected chi connectivity index (χ3v) is 11.5. The van der Waals surface area contributed by atoms with Gasteiger partial charge in [0.15, 0.2) is 0 Å². The van der Waals surface area contributed by atoms with Crippen molar-refractivity contribution in [1.29, 1.82) is 0 Å². The molecule has 2 aromatic carbocycles. The van der Waals surface area contributed by atoms with Crippen LogP contribution < -0.4 is 0 Å². The van der Waals surface area contributed by atoms with Gasteiger partial charge in [0.05, 0.1) is 22.4 Å². The highest BCUT2D eigenvalue weighted by Gasteiger charge is 2.31. The van der Waals surface area contributed by atoms with Crippen molar-refractivity contribution < 1.29 is 0 Å². The van der Waals surface area contributed by atoms with Crippen LogP contribution in [-0.2, 0) is 17.3 Å². The molecule has 2 aliphatic carbocycles. The second kappa shape index (κ2) is 11.0. The lowest BCUT2D eigenvalue weighted by Crippen LogP contribution is -2.23. The molecule has 0 N–H and O–H groups in total. The van der Waals surface area contributed by atoms with Crippen molar-refractivity contribution in [2.24, 2.45) is 5.41 Å². The third-order valence-electron chi connectivity index (χ3n) is 11.5. The maximum absolute atomic E-state index is 5.24. The molecule has 6 aromatic rings. The molecule has 0 saturated heterocycles. The number of aromatic nitrogens is 4. The fraction of sp³-hybridized carbons (Fsp3) is 0.381. The number of rotatable bonds is 7. The molecule has 4 heterocycles. The van der Waals surface area contributed by atoms with Crippen molar-refractivity contribution in [3.05, 3.63) is 120 Å². The van der Waals surface area contributed by atoms with E-state index in [1.54, 1.807) is 0 Å². The lowest BCUT2D eigenvalue weighted by Gasteiger charge is -2.25. The van der Waals surface area contributed by atoms with Gasteiger partial charge in [-0.2, -0.15) is 0 Å². The predicted molar refractivity (Wildman–Crippen MR) is 190 cm³/mol. The molecule has 0 radical (unpaired) electrons. The highest BCUT2D eigenvalue weighted by Crippen LogP contribution is 2.42. The molecule has 4 heteroatoms. The van der Waals surface area contributed by atoms with Crippen molar-refractivity contribution in [2.45, 2.75) is 96.3 Å². The Morgan fingerprint density at radius 1 is 0.630 bits per heavy atom. The molecule has 2 fully saturated rings. The van der Waals surface area contributed by atoms with Crippen LogP contribution in [0.25, 0.3) is 33.4 Å². The quantitative estimate of drug-likeness (QED) is 0.181. The maximum Gasteiger partial charge on any atom is 0.137 e. The maximum atomic E-state index is 5.24. The fourth-order valence-corrected chi connectivity index (χ4v) is 8.50. The zero-order chi connectivity index (χ0) is 31.5. The largest absolute Gasteiger partial charge is 0.301 e. The molecule has 4 nitrogen and oxygen atoms in total. The first-order chi connectivity index (χ1) is 22.2. The van der Waals surface area contributed by atoms with Crippen molar-refractivity contribution in [1.82, 2.24) is 19.1 Å². The van der Waals surface area contributed by atoms with Crippen LogP contribution in [0.1, 0.15) is 102 Å². The Labute approximate surface area is 273 Å². The Kier molecular flexibility index (Phi) is 6.97. The van der Waals surface area contributed by atoms with Gasteiger partial charge in [-0.15, -0.1) is 0 Å². The van der Waals surface area contributed by atoms with E-state index >= 15 is 0 Å². The van der Waals surface area contributed by atoms with Gasteiger partial charge in [-0.05, 0) is 129 Å². The van der Waals surface area contributed by atoms with E-state index in [0.29, 0.717) is 10.8 Å². The van der Waals surface area contributed by atoms with Crippen molar-refractivity contribution in [3.63, 3.8) is 0 Å². The van der Waals surface area contributed by atoms with E-state index in [-0.39, 0.29) is 5.41 Å². The molecule has 234 valence electrons. The number of pyridine rings is 2. The van der Waals surface area contributed by atoms with Crippen LogP contribution in [0.5, 0.6) is 0 Å². The molecule has 46 heavy (non-hydrogen) atoms. The highest BCUT2D eigenvalue weighted by atomic mass is 15.1. The number of hydrogen-bond acceptors (Lipinski definition) is 2. The Bertz CT molecular complexity index is 2050. The van der Waals surface area contributed by atoms with Crippen LogP contribution in [0, 0.1) is 5.41 Å². The molecule has 8 rings (SSSR count). The molecule has 4 aromatic heterocycles. The van der Waals surface area contributed by atoms with Gasteiger partial charge in [0.2, 0.25) is 0 Å². The molecule has 0 spiro atoms. The number of hydrogen-bond donors (Lipinski definition) is 0. The van der Waals surface area contributed by atoms with Crippen LogP contribution in [0.2, 0.25) is 0 Å². The summed E-state index contributed by atoms with van der Waals surface area (Å²) in [6, 6.07) is 31.3. The van der Waals surface area contributed by atoms with E-state index in [4.69, 9.17) is 9.97 Å². The topological polar surface area (TPSA) is 35.6 Å². The second-order valence-corrected chi connectivity index (χ2v) is 15.4. The molecule has 0 aliphatic heterocycles. The van der Waals surface area contributed by atoms with Gasteiger partial charge >= 0.3 is 0 Å². The number of fused-ring (bicyclic) bond motifs is 2. The zero-order valence-corrected chi connectivity index (χ0v) is 27.9. The fourth-order valence-electron chi connectivity index (χ4n) is 8.50. The highest BCUT2D eigenvalue weighted by molar-refractivity contribution is 5.83. The lowest BCUT2D eigenvalue weighted by atomic mass is 9.81. The molecule has 0 amide bonds. The van der Waals surface area contributed by atoms with Crippen LogP contribution in [0.3, 0.4) is 0 Å². The standard InChI is InChI=1S/C42H46N4/c1-40(2,37-12-10-14-39(44-37)46-26-20-32-28-33(16-18-35(32)46)42(4)23-7-8-24-42)36-11-9-13-38(43-36)45-25-19-31-27-30(15-17-34(31)45)29-41(3)21-5-6-22-41/h9-20,25-28H,5-8,21-24,29H2,1-4H3. The first-order valence-electron chi connectivity index (χ1n) is 17.4. The normalized spacial score (nSPS) is 17.7. The molecule has 2 aliphatic rings. The summed E-state index contributed by atoms with van der Waals surface area (Å²) < 4.78 is 4.46. The Hall–Kier alpha value is -4.18. The first kappa shape index (κ1) is 29.2. The van der Waals surface area contributed by atoms with E-state index in [9.17, 15) is 0 Å². The van der Waals surface area contributed by atoms with E-state index < -0.39 is 0 Å². The molecular formula is C42H46N4. The summed E-state index contributed by atoms with van der Waals surface area (Å²) in [7, 11) is 0. The average Bonchev–Trinajstić information content (AvgIpc) is 3.88. The van der Waals surface area contributed by atoms with Crippen LogP contribution >= 0.6 is 0 Å². The Balaban J connectivity index is 1.08. The van der Waals surface area contributed by atoms with Crippen molar-refractivity contribution in [3.8, 4) is 11.6 Å². The van der Waals surface area contributed by atoms with E-state index in [1.165, 1.54) is 90.7 Å². The van der Waals surface area contributed by atoms with Gasteiger partial charge in [0.25, 0.3) is 0 Å². The summed E-state index contributed by atoms with van der Waals surface area (Å²) in [4.78, 5) is 10.5. The molecular weight excluding hydrogens is 560 g/mol. The first-order valence-corrected chi connectivity index (χ1v) is 17.4. The Morgan fingerprint density at radius 3 is 1.78 bits per heavy atom. The summed E-state index contributed by atoms with van der Waals surface area (Å²) in [5, 5.41) is 2.56. The van der Waals surface area contributed by atoms with E-state index in [1.807, 2.05) is 0 Å². The second-order valence-electron chi connectivity index (χ2n) is 15.4. The molecule has 0 atom stereocenters. The summed E-state index contributed by atoms with van der Waals surface area (Å²) in [6.07, 6.45) is 16.2. The SMILES string of the molecule is CC1(Cc2ccc3c(ccn3-c3cccc(C(C)(C)c4cccc(-n5ccc6cc(C7(C)CCCC7)ccc65)n4)n3)c2)CCCC1. The van der Waals surface area contributed by atoms with Crippen LogP contribution in [0.4, 0.5) is 0 Å². The van der Waals surface area contributed by atoms with Gasteiger partial charge < -0.3 is 9.13 Å². The lowest BCUT2D eigenvalue weighted by molar-refractivity contribution is 0.335. The number of nitrogens with zero attached hydrogens (tertiary/aromatic N) is 4. The van der Waals surface area contributed by atoms with Crippen molar-refractivity contribution >= 4 is 21.8 Å². The smallest absolute Gasteiger partial charge is 0.137 e. The summed E-state index contributed by atoms with van der Waals surface area (Å²) in [5.41, 5.74) is 7.72. The molecule has 2 saturated carbocycles. The third kappa shape index (κ3) is 5.07. The minimum atomic E-state index is -0.383. The van der Waals surface area contributed by atoms with Gasteiger partial charge in [0.1, 0.15) is 11.6 Å². The van der Waals surface area contributed by atoms with Gasteiger partial charge in [-0.1, -0.05) is 63.8 Å². The Morgan fingerprint density at radius 2 is 1.17 bits per heavy atom. The van der Waals surface area contributed by atoms with Crippen molar-refractivity contribution in [2.75, 3.05) is 0 Å². The zero-order valence-electron chi connectivity index (χ0n) is 27.9. The average molecular weight is 607 g/mol.